The Balaban J connectivity index is 1.76. The molecule has 0 saturated carbocycles. The van der Waals surface area contributed by atoms with E-state index in [0.29, 0.717) is 65.9 Å². The van der Waals surface area contributed by atoms with Gasteiger partial charge in [-0.2, -0.15) is 0 Å². The summed E-state index contributed by atoms with van der Waals surface area (Å²) in [5.74, 6) is 1.02. The van der Waals surface area contributed by atoms with Crippen molar-refractivity contribution in [1.29, 1.82) is 0 Å². The first-order chi connectivity index (χ1) is 15.0. The van der Waals surface area contributed by atoms with Gasteiger partial charge in [0.25, 0.3) is 5.69 Å². The number of piperazine rings is 1. The van der Waals surface area contributed by atoms with E-state index in [-0.39, 0.29) is 11.8 Å². The summed E-state index contributed by atoms with van der Waals surface area (Å²) in [5.41, 5.74) is 1.22. The smallest absolute Gasteiger partial charge is 0.409 e. The molecule has 1 aliphatic rings. The molecular formula is C21H20ClN5O4. The fourth-order valence-electron chi connectivity index (χ4n) is 3.53. The number of hydrogen-bond donors (Lipinski definition) is 0. The van der Waals surface area contributed by atoms with Crippen LogP contribution in [0.1, 0.15) is 6.92 Å². The molecule has 1 aliphatic heterocycles. The van der Waals surface area contributed by atoms with E-state index >= 15 is 0 Å². The number of rotatable bonds is 4. The SMILES string of the molecule is CCOC(=O)N1CCN(c2nc(-c3ccccc3Cl)nc3ccc([N+](=O)[O-])cc23)CC1. The molecule has 0 bridgehead atoms. The fraction of sp³-hybridized carbons (Fsp3) is 0.286. The van der Waals surface area contributed by atoms with Gasteiger partial charge in [-0.3, -0.25) is 10.1 Å². The van der Waals surface area contributed by atoms with Gasteiger partial charge >= 0.3 is 6.09 Å². The molecular weight excluding hydrogens is 422 g/mol. The summed E-state index contributed by atoms with van der Waals surface area (Å²) in [6.45, 7) is 4.03. The lowest BCUT2D eigenvalue weighted by Gasteiger charge is -2.35. The van der Waals surface area contributed by atoms with Gasteiger partial charge in [0.15, 0.2) is 5.82 Å². The number of nitrogens with zero attached hydrogens (tertiary/aromatic N) is 5. The number of carbonyl (C=O) groups excluding carboxylic acids is 1. The molecule has 2 heterocycles. The summed E-state index contributed by atoms with van der Waals surface area (Å²) in [4.78, 5) is 35.9. The largest absolute Gasteiger partial charge is 0.450 e. The lowest BCUT2D eigenvalue weighted by molar-refractivity contribution is -0.384. The number of carbonyl (C=O) groups is 1. The van der Waals surface area contributed by atoms with Crippen LogP contribution in [0.2, 0.25) is 5.02 Å². The molecule has 1 saturated heterocycles. The van der Waals surface area contributed by atoms with Crippen LogP contribution in [-0.2, 0) is 4.74 Å². The van der Waals surface area contributed by atoms with Gasteiger partial charge in [-0.05, 0) is 25.1 Å². The Labute approximate surface area is 183 Å². The third-order valence-corrected chi connectivity index (χ3v) is 5.42. The third kappa shape index (κ3) is 4.22. The number of nitro benzene ring substituents is 1. The van der Waals surface area contributed by atoms with Crippen LogP contribution < -0.4 is 4.90 Å². The van der Waals surface area contributed by atoms with Crippen LogP contribution in [0.15, 0.2) is 42.5 Å². The molecule has 3 aromatic rings. The standard InChI is InChI=1S/C21H20ClN5O4/c1-2-31-21(28)26-11-9-25(10-12-26)20-16-13-14(27(29)30)7-8-18(16)23-19(24-20)15-5-3-4-6-17(15)22/h3-8,13H,2,9-12H2,1H3. The van der Waals surface area contributed by atoms with Crippen molar-refractivity contribution in [3.05, 3.63) is 57.6 Å². The van der Waals surface area contributed by atoms with Gasteiger partial charge in [0.2, 0.25) is 0 Å². The van der Waals surface area contributed by atoms with Gasteiger partial charge in [-0.1, -0.05) is 23.7 Å². The predicted octanol–water partition coefficient (Wildman–Crippen LogP) is 4.14. The molecule has 0 unspecified atom stereocenters. The maximum absolute atomic E-state index is 12.0. The van der Waals surface area contributed by atoms with Crippen molar-refractivity contribution in [3.8, 4) is 11.4 Å². The second kappa shape index (κ2) is 8.73. The normalized spacial score (nSPS) is 14.0. The summed E-state index contributed by atoms with van der Waals surface area (Å²) in [6, 6.07) is 11.8. The van der Waals surface area contributed by atoms with E-state index < -0.39 is 4.92 Å². The van der Waals surface area contributed by atoms with Gasteiger partial charge in [0, 0.05) is 49.3 Å². The zero-order valence-corrected chi connectivity index (χ0v) is 17.6. The molecule has 0 atom stereocenters. The van der Waals surface area contributed by atoms with Crippen LogP contribution in [0.5, 0.6) is 0 Å². The van der Waals surface area contributed by atoms with Gasteiger partial charge in [-0.25, -0.2) is 14.8 Å². The van der Waals surface area contributed by atoms with Crippen LogP contribution >= 0.6 is 11.6 Å². The van der Waals surface area contributed by atoms with Crippen LogP contribution in [-0.4, -0.2) is 58.7 Å². The third-order valence-electron chi connectivity index (χ3n) is 5.09. The molecule has 31 heavy (non-hydrogen) atoms. The molecule has 1 amide bonds. The highest BCUT2D eigenvalue weighted by molar-refractivity contribution is 6.33. The van der Waals surface area contributed by atoms with Crippen LogP contribution in [0.25, 0.3) is 22.3 Å². The highest BCUT2D eigenvalue weighted by atomic mass is 35.5. The van der Waals surface area contributed by atoms with E-state index in [9.17, 15) is 14.9 Å². The zero-order chi connectivity index (χ0) is 22.0. The van der Waals surface area contributed by atoms with Gasteiger partial charge in [-0.15, -0.1) is 0 Å². The molecule has 9 nitrogen and oxygen atoms in total. The van der Waals surface area contributed by atoms with Crippen molar-refractivity contribution in [2.75, 3.05) is 37.7 Å². The number of anilines is 1. The number of benzene rings is 2. The molecule has 160 valence electrons. The summed E-state index contributed by atoms with van der Waals surface area (Å²) in [5, 5.41) is 12.4. The Morgan fingerprint density at radius 1 is 1.16 bits per heavy atom. The van der Waals surface area contributed by atoms with Crippen LogP contribution in [0, 0.1) is 10.1 Å². The number of fused-ring (bicyclic) bond motifs is 1. The fourth-order valence-corrected chi connectivity index (χ4v) is 3.75. The topological polar surface area (TPSA) is 102 Å². The van der Waals surface area contributed by atoms with Crippen molar-refractivity contribution in [2.45, 2.75) is 6.92 Å². The summed E-state index contributed by atoms with van der Waals surface area (Å²) < 4.78 is 5.08. The number of aromatic nitrogens is 2. The zero-order valence-electron chi connectivity index (χ0n) is 16.8. The summed E-state index contributed by atoms with van der Waals surface area (Å²) in [6.07, 6.45) is -0.345. The highest BCUT2D eigenvalue weighted by Crippen LogP contribution is 2.33. The van der Waals surface area contributed by atoms with Gasteiger partial charge in [0.1, 0.15) is 5.82 Å². The van der Waals surface area contributed by atoms with Gasteiger partial charge < -0.3 is 14.5 Å². The molecule has 1 aromatic heterocycles. The molecule has 2 aromatic carbocycles. The number of hydrogen-bond acceptors (Lipinski definition) is 7. The first kappa shape index (κ1) is 20.8. The molecule has 0 radical (unpaired) electrons. The minimum Gasteiger partial charge on any atom is -0.450 e. The minimum atomic E-state index is -0.441. The number of non-ortho nitro benzene ring substituents is 1. The summed E-state index contributed by atoms with van der Waals surface area (Å²) >= 11 is 6.36. The number of nitro groups is 1. The first-order valence-electron chi connectivity index (χ1n) is 9.85. The van der Waals surface area contributed by atoms with Gasteiger partial charge in [0.05, 0.1) is 22.1 Å². The Hall–Kier alpha value is -3.46. The van der Waals surface area contributed by atoms with Crippen molar-refractivity contribution in [1.82, 2.24) is 14.9 Å². The Morgan fingerprint density at radius 2 is 1.90 bits per heavy atom. The Morgan fingerprint density at radius 3 is 2.58 bits per heavy atom. The molecule has 4 rings (SSSR count). The number of ether oxygens (including phenoxy) is 1. The van der Waals surface area contributed by atoms with E-state index in [1.807, 2.05) is 23.1 Å². The molecule has 1 fully saturated rings. The second-order valence-corrected chi connectivity index (χ2v) is 7.39. The summed E-state index contributed by atoms with van der Waals surface area (Å²) in [7, 11) is 0. The Kier molecular flexibility index (Phi) is 5.85. The van der Waals surface area contributed by atoms with Crippen molar-refractivity contribution in [3.63, 3.8) is 0 Å². The Bertz CT molecular complexity index is 1150. The minimum absolute atomic E-state index is 0.0343. The maximum atomic E-state index is 12.0. The van der Waals surface area contributed by atoms with Crippen molar-refractivity contribution in [2.24, 2.45) is 0 Å². The molecule has 10 heteroatoms. The van der Waals surface area contributed by atoms with Crippen LogP contribution in [0.3, 0.4) is 0 Å². The first-order valence-corrected chi connectivity index (χ1v) is 10.2. The maximum Gasteiger partial charge on any atom is 0.409 e. The van der Waals surface area contributed by atoms with E-state index in [4.69, 9.17) is 21.3 Å². The lowest BCUT2D eigenvalue weighted by atomic mass is 10.1. The average molecular weight is 442 g/mol. The monoisotopic (exact) mass is 441 g/mol. The van der Waals surface area contributed by atoms with Crippen LogP contribution in [0.4, 0.5) is 16.3 Å². The second-order valence-electron chi connectivity index (χ2n) is 6.98. The predicted molar refractivity (Wildman–Crippen MR) is 117 cm³/mol. The number of halogens is 1. The van der Waals surface area contributed by atoms with E-state index in [1.165, 1.54) is 12.1 Å². The van der Waals surface area contributed by atoms with E-state index in [1.54, 1.807) is 24.0 Å². The van der Waals surface area contributed by atoms with E-state index in [0.717, 1.165) is 0 Å². The molecule has 0 N–H and O–H groups in total. The quantitative estimate of drug-likeness (QED) is 0.443. The highest BCUT2D eigenvalue weighted by Gasteiger charge is 2.25. The molecule has 0 spiro atoms. The van der Waals surface area contributed by atoms with E-state index in [2.05, 4.69) is 4.98 Å². The lowest BCUT2D eigenvalue weighted by Crippen LogP contribution is -2.49. The number of amides is 1. The molecule has 0 aliphatic carbocycles. The van der Waals surface area contributed by atoms with Crippen molar-refractivity contribution < 1.29 is 14.5 Å². The van der Waals surface area contributed by atoms with Crippen molar-refractivity contribution >= 4 is 40.1 Å². The average Bonchev–Trinajstić information content (AvgIpc) is 2.78.